The first-order valence-electron chi connectivity index (χ1n) is 7.77. The number of amides is 1. The predicted octanol–water partition coefficient (Wildman–Crippen LogP) is 4.37. The Balaban J connectivity index is 1.53. The minimum absolute atomic E-state index is 0.0198. The molecule has 4 nitrogen and oxygen atoms in total. The molecule has 0 radical (unpaired) electrons. The molecule has 0 aliphatic heterocycles. The molecule has 124 valence electrons. The van der Waals surface area contributed by atoms with E-state index in [1.165, 1.54) is 16.9 Å². The van der Waals surface area contributed by atoms with Crippen LogP contribution in [-0.4, -0.2) is 22.2 Å². The maximum atomic E-state index is 12.0. The maximum absolute atomic E-state index is 12.0. The third-order valence-electron chi connectivity index (χ3n) is 3.75. The first-order chi connectivity index (χ1) is 11.6. The lowest BCUT2D eigenvalue weighted by Gasteiger charge is -2.04. The van der Waals surface area contributed by atoms with Crippen LogP contribution in [-0.2, 0) is 6.42 Å². The highest BCUT2D eigenvalue weighted by Crippen LogP contribution is 2.22. The van der Waals surface area contributed by atoms with Gasteiger partial charge < -0.3 is 5.32 Å². The van der Waals surface area contributed by atoms with Gasteiger partial charge >= 0.3 is 0 Å². The Morgan fingerprint density at radius 2 is 2.08 bits per heavy atom. The number of hydrogen-bond donors (Lipinski definition) is 1. The van der Waals surface area contributed by atoms with Gasteiger partial charge in [0, 0.05) is 17.2 Å². The normalized spacial score (nSPS) is 10.8. The zero-order chi connectivity index (χ0) is 16.9. The van der Waals surface area contributed by atoms with E-state index >= 15 is 0 Å². The van der Waals surface area contributed by atoms with Crippen molar-refractivity contribution in [1.29, 1.82) is 0 Å². The Labute approximate surface area is 153 Å². The molecule has 0 spiro atoms. The Morgan fingerprint density at radius 3 is 2.79 bits per heavy atom. The highest BCUT2D eigenvalue weighted by atomic mass is 79.9. The summed E-state index contributed by atoms with van der Waals surface area (Å²) in [6.45, 7) is 2.68. The van der Waals surface area contributed by atoms with Gasteiger partial charge in [0.05, 0.1) is 11.4 Å². The van der Waals surface area contributed by atoms with Crippen molar-refractivity contribution in [2.24, 2.45) is 0 Å². The summed E-state index contributed by atoms with van der Waals surface area (Å²) in [6.07, 6.45) is 3.85. The molecule has 2 heterocycles. The zero-order valence-corrected chi connectivity index (χ0v) is 15.7. The topological polar surface area (TPSA) is 46.9 Å². The lowest BCUT2D eigenvalue weighted by atomic mass is 10.1. The van der Waals surface area contributed by atoms with Crippen molar-refractivity contribution >= 4 is 33.2 Å². The maximum Gasteiger partial charge on any atom is 0.262 e. The van der Waals surface area contributed by atoms with Crippen LogP contribution >= 0.6 is 27.3 Å². The third kappa shape index (κ3) is 3.94. The van der Waals surface area contributed by atoms with E-state index in [9.17, 15) is 4.79 Å². The fraction of sp³-hybridized carbons (Fsp3) is 0.222. The number of para-hydroxylation sites is 1. The highest BCUT2D eigenvalue weighted by Gasteiger charge is 2.11. The van der Waals surface area contributed by atoms with Gasteiger partial charge in [-0.1, -0.05) is 18.2 Å². The van der Waals surface area contributed by atoms with Gasteiger partial charge in [-0.3, -0.25) is 4.79 Å². The van der Waals surface area contributed by atoms with Crippen molar-refractivity contribution in [2.45, 2.75) is 19.8 Å². The second-order valence-electron chi connectivity index (χ2n) is 5.48. The average Bonchev–Trinajstić information content (AvgIpc) is 3.18. The van der Waals surface area contributed by atoms with E-state index in [0.717, 1.165) is 33.6 Å². The Morgan fingerprint density at radius 1 is 1.29 bits per heavy atom. The molecule has 0 bridgehead atoms. The van der Waals surface area contributed by atoms with Crippen LogP contribution in [0, 0.1) is 6.92 Å². The number of halogens is 1. The predicted molar refractivity (Wildman–Crippen MR) is 101 cm³/mol. The Bertz CT molecular complexity index is 826. The SMILES string of the molecule is Cc1nn(-c2ccccc2)cc1CCCNC(=O)c1sccc1Br. The quantitative estimate of drug-likeness (QED) is 0.621. The van der Waals surface area contributed by atoms with Crippen molar-refractivity contribution in [2.75, 3.05) is 6.54 Å². The molecule has 6 heteroatoms. The number of carbonyl (C=O) groups excluding carboxylic acids is 1. The van der Waals surface area contributed by atoms with Gasteiger partial charge in [0.15, 0.2) is 0 Å². The second-order valence-corrected chi connectivity index (χ2v) is 7.25. The summed E-state index contributed by atoms with van der Waals surface area (Å²) < 4.78 is 2.76. The second kappa shape index (κ2) is 7.77. The minimum atomic E-state index is -0.0198. The van der Waals surface area contributed by atoms with Gasteiger partial charge in [-0.25, -0.2) is 4.68 Å². The molecule has 0 aliphatic carbocycles. The van der Waals surface area contributed by atoms with Crippen LogP contribution in [0.1, 0.15) is 27.3 Å². The molecule has 2 aromatic heterocycles. The number of aromatic nitrogens is 2. The molecule has 3 rings (SSSR count). The number of benzene rings is 1. The van der Waals surface area contributed by atoms with Crippen LogP contribution in [0.15, 0.2) is 52.4 Å². The van der Waals surface area contributed by atoms with E-state index in [1.807, 2.05) is 53.4 Å². The monoisotopic (exact) mass is 403 g/mol. The van der Waals surface area contributed by atoms with Crippen LogP contribution in [0.4, 0.5) is 0 Å². The van der Waals surface area contributed by atoms with Crippen LogP contribution < -0.4 is 5.32 Å². The van der Waals surface area contributed by atoms with Gasteiger partial charge in [0.25, 0.3) is 5.91 Å². The molecule has 3 aromatic rings. The summed E-state index contributed by atoms with van der Waals surface area (Å²) in [6, 6.07) is 12.0. The zero-order valence-electron chi connectivity index (χ0n) is 13.3. The average molecular weight is 404 g/mol. The molecule has 0 fully saturated rings. The van der Waals surface area contributed by atoms with Gasteiger partial charge in [-0.2, -0.15) is 5.10 Å². The number of carbonyl (C=O) groups is 1. The van der Waals surface area contributed by atoms with E-state index in [2.05, 4.69) is 32.5 Å². The smallest absolute Gasteiger partial charge is 0.262 e. The molecular formula is C18H18BrN3OS. The number of rotatable bonds is 6. The van der Waals surface area contributed by atoms with Crippen LogP contribution in [0.3, 0.4) is 0 Å². The standard InChI is InChI=1S/C18H18BrN3OS/c1-13-14(12-22(21-13)15-7-3-2-4-8-15)6-5-10-20-18(23)17-16(19)9-11-24-17/h2-4,7-9,11-12H,5-6,10H2,1H3,(H,20,23). The molecule has 0 unspecified atom stereocenters. The molecule has 24 heavy (non-hydrogen) atoms. The number of thiophene rings is 1. The molecule has 0 saturated carbocycles. The number of hydrogen-bond acceptors (Lipinski definition) is 3. The Hall–Kier alpha value is -1.92. The van der Waals surface area contributed by atoms with Gasteiger partial charge in [0.2, 0.25) is 0 Å². The van der Waals surface area contributed by atoms with Crippen LogP contribution in [0.25, 0.3) is 5.69 Å². The van der Waals surface area contributed by atoms with E-state index in [4.69, 9.17) is 0 Å². The van der Waals surface area contributed by atoms with Crippen LogP contribution in [0.2, 0.25) is 0 Å². The molecule has 1 aromatic carbocycles. The largest absolute Gasteiger partial charge is 0.351 e. The number of nitrogens with one attached hydrogen (secondary N) is 1. The minimum Gasteiger partial charge on any atom is -0.351 e. The van der Waals surface area contributed by atoms with Gasteiger partial charge in [-0.05, 0) is 64.8 Å². The first-order valence-corrected chi connectivity index (χ1v) is 9.44. The van der Waals surface area contributed by atoms with Gasteiger partial charge in [-0.15, -0.1) is 11.3 Å². The van der Waals surface area contributed by atoms with E-state index in [-0.39, 0.29) is 5.91 Å². The van der Waals surface area contributed by atoms with E-state index in [1.54, 1.807) is 0 Å². The molecular weight excluding hydrogens is 386 g/mol. The number of aryl methyl sites for hydroxylation is 2. The summed E-state index contributed by atoms with van der Waals surface area (Å²) in [5, 5.41) is 9.44. The summed E-state index contributed by atoms with van der Waals surface area (Å²) >= 11 is 4.83. The molecule has 1 N–H and O–H groups in total. The molecule has 0 aliphatic rings. The van der Waals surface area contributed by atoms with Crippen molar-refractivity contribution in [3.05, 3.63) is 68.6 Å². The summed E-state index contributed by atoms with van der Waals surface area (Å²) in [4.78, 5) is 12.8. The van der Waals surface area contributed by atoms with Crippen LogP contribution in [0.5, 0.6) is 0 Å². The van der Waals surface area contributed by atoms with E-state index in [0.29, 0.717) is 6.54 Å². The molecule has 0 saturated heterocycles. The van der Waals surface area contributed by atoms with Crippen molar-refractivity contribution in [3.8, 4) is 5.69 Å². The summed E-state index contributed by atoms with van der Waals surface area (Å²) in [5.41, 5.74) is 3.30. The summed E-state index contributed by atoms with van der Waals surface area (Å²) in [7, 11) is 0. The van der Waals surface area contributed by atoms with E-state index < -0.39 is 0 Å². The lowest BCUT2D eigenvalue weighted by molar-refractivity contribution is 0.0956. The molecule has 1 amide bonds. The fourth-order valence-electron chi connectivity index (χ4n) is 2.47. The number of nitrogens with zero attached hydrogens (tertiary/aromatic N) is 2. The fourth-order valence-corrected chi connectivity index (χ4v) is 3.94. The first kappa shape index (κ1) is 16.9. The lowest BCUT2D eigenvalue weighted by Crippen LogP contribution is -2.24. The highest BCUT2D eigenvalue weighted by molar-refractivity contribution is 9.10. The summed E-state index contributed by atoms with van der Waals surface area (Å²) in [5.74, 6) is -0.0198. The molecule has 0 atom stereocenters. The van der Waals surface area contributed by atoms with Gasteiger partial charge in [0.1, 0.15) is 4.88 Å². The van der Waals surface area contributed by atoms with Crippen molar-refractivity contribution < 1.29 is 4.79 Å². The Kier molecular flexibility index (Phi) is 5.48. The third-order valence-corrected chi connectivity index (χ3v) is 5.59. The van der Waals surface area contributed by atoms with Crippen molar-refractivity contribution in [1.82, 2.24) is 15.1 Å². The van der Waals surface area contributed by atoms with Crippen molar-refractivity contribution in [3.63, 3.8) is 0 Å².